The van der Waals surface area contributed by atoms with Crippen molar-refractivity contribution >= 4 is 33.6 Å². The maximum atomic E-state index is 13.1. The minimum atomic E-state index is -4.03. The summed E-state index contributed by atoms with van der Waals surface area (Å²) in [5.74, 6) is 0.151. The number of piperidine rings is 2. The number of amides is 3. The van der Waals surface area contributed by atoms with Crippen LogP contribution in [-0.2, 0) is 14.8 Å². The fraction of sp³-hybridized carbons (Fsp3) is 0.591. The van der Waals surface area contributed by atoms with E-state index in [2.05, 4.69) is 10.8 Å². The topological polar surface area (TPSA) is 137 Å². The first-order valence-electron chi connectivity index (χ1n) is 11.3. The van der Waals surface area contributed by atoms with Crippen molar-refractivity contribution in [3.8, 4) is 6.07 Å². The highest BCUT2D eigenvalue weighted by Gasteiger charge is 2.56. The first kappa shape index (κ1) is 22.4. The van der Waals surface area contributed by atoms with Crippen LogP contribution in [0.15, 0.2) is 29.2 Å². The number of nitriles is 1. The van der Waals surface area contributed by atoms with Crippen LogP contribution in [0.2, 0.25) is 5.02 Å². The molecule has 3 saturated heterocycles. The van der Waals surface area contributed by atoms with Gasteiger partial charge in [-0.15, -0.1) is 0 Å². The van der Waals surface area contributed by atoms with Crippen LogP contribution in [0.4, 0.5) is 4.79 Å². The number of hydrogen-bond donors (Lipinski definition) is 2. The molecule has 3 N–H and O–H groups in total. The maximum Gasteiger partial charge on any atom is 0.331 e. The fourth-order valence-corrected chi connectivity index (χ4v) is 7.02. The molecule has 176 valence electrons. The number of carbonyl (C=O) groups excluding carboxylic acids is 2. The van der Waals surface area contributed by atoms with Crippen molar-refractivity contribution in [2.24, 2.45) is 17.6 Å². The molecular weight excluding hydrogens is 466 g/mol. The molecule has 9 nitrogen and oxygen atoms in total. The van der Waals surface area contributed by atoms with Gasteiger partial charge in [-0.25, -0.2) is 17.9 Å². The predicted octanol–water partition coefficient (Wildman–Crippen LogP) is 1.82. The number of nitrogens with zero attached hydrogens (tertiary/aromatic N) is 3. The molecule has 0 aromatic heterocycles. The largest absolute Gasteiger partial charge is 0.331 e. The monoisotopic (exact) mass is 491 g/mol. The van der Waals surface area contributed by atoms with Crippen molar-refractivity contribution in [3.63, 3.8) is 0 Å². The van der Waals surface area contributed by atoms with E-state index in [-0.39, 0.29) is 34.8 Å². The van der Waals surface area contributed by atoms with Crippen LogP contribution in [0.1, 0.15) is 38.5 Å². The van der Waals surface area contributed by atoms with E-state index >= 15 is 0 Å². The predicted molar refractivity (Wildman–Crippen MR) is 119 cm³/mol. The molecule has 0 spiro atoms. The number of hydrogen-bond acceptors (Lipinski definition) is 6. The van der Waals surface area contributed by atoms with Gasteiger partial charge in [0.2, 0.25) is 5.91 Å². The summed E-state index contributed by atoms with van der Waals surface area (Å²) in [6.45, 7) is 0. The van der Waals surface area contributed by atoms with Crippen molar-refractivity contribution in [3.05, 3.63) is 29.3 Å². The van der Waals surface area contributed by atoms with Gasteiger partial charge in [0.15, 0.2) is 0 Å². The van der Waals surface area contributed by atoms with Gasteiger partial charge in [-0.3, -0.25) is 4.79 Å². The molecule has 4 aliphatic rings. The summed E-state index contributed by atoms with van der Waals surface area (Å²) >= 11 is 5.82. The van der Waals surface area contributed by atoms with E-state index in [1.54, 1.807) is 9.80 Å². The van der Waals surface area contributed by atoms with Gasteiger partial charge in [0.05, 0.1) is 17.0 Å². The minimum absolute atomic E-state index is 0.0360. The van der Waals surface area contributed by atoms with Gasteiger partial charge in [-0.1, -0.05) is 11.6 Å². The van der Waals surface area contributed by atoms with Gasteiger partial charge in [0, 0.05) is 23.1 Å². The lowest BCUT2D eigenvalue weighted by molar-refractivity contribution is -0.135. The van der Waals surface area contributed by atoms with Crippen LogP contribution in [0.3, 0.4) is 0 Å². The molecule has 0 unspecified atom stereocenters. The van der Waals surface area contributed by atoms with Crippen molar-refractivity contribution in [2.75, 3.05) is 0 Å². The zero-order chi connectivity index (χ0) is 23.5. The lowest BCUT2D eigenvalue weighted by Crippen LogP contribution is -2.57. The lowest BCUT2D eigenvalue weighted by Gasteiger charge is -2.41. The number of benzene rings is 1. The quantitative estimate of drug-likeness (QED) is 0.659. The minimum Gasteiger partial charge on any atom is -0.322 e. The number of halogens is 1. The zero-order valence-electron chi connectivity index (χ0n) is 17.9. The third kappa shape index (κ3) is 3.96. The Kier molecular flexibility index (Phi) is 5.54. The summed E-state index contributed by atoms with van der Waals surface area (Å²) in [5.41, 5.74) is 6.41. The fourth-order valence-electron chi connectivity index (χ4n) is 5.95. The standard InChI is InChI=1S/C22H26ClN5O4S/c23-14-1-5-18(6-2-14)33(31,32)26-22(30)27-15-3-4-16(27)9-13(8-15)20(25)21(29)28-17(11-24)7-12-10-19(12)28/h1-2,5-6,12-13,15-17,19-20H,3-4,7-10,25H2,(H,26,30)/t12-,15+,16+,17+,19+,20+/m1/s1. The van der Waals surface area contributed by atoms with Crippen molar-refractivity contribution in [1.29, 1.82) is 5.26 Å². The van der Waals surface area contributed by atoms with Gasteiger partial charge in [-0.05, 0) is 74.6 Å². The van der Waals surface area contributed by atoms with Crippen LogP contribution < -0.4 is 10.5 Å². The van der Waals surface area contributed by atoms with E-state index in [1.807, 2.05) is 0 Å². The molecule has 5 rings (SSSR count). The lowest BCUT2D eigenvalue weighted by atomic mass is 9.84. The second kappa shape index (κ2) is 8.15. The average molecular weight is 492 g/mol. The first-order chi connectivity index (χ1) is 15.7. The third-order valence-electron chi connectivity index (χ3n) is 7.65. The second-order valence-corrected chi connectivity index (χ2v) is 11.7. The summed E-state index contributed by atoms with van der Waals surface area (Å²) in [6, 6.07) is 5.87. The highest BCUT2D eigenvalue weighted by Crippen LogP contribution is 2.48. The Bertz CT molecular complexity index is 1110. The number of rotatable bonds is 4. The van der Waals surface area contributed by atoms with Gasteiger partial charge in [0.1, 0.15) is 6.04 Å². The molecular formula is C22H26ClN5O4S. The number of sulfonamides is 1. The van der Waals surface area contributed by atoms with Crippen LogP contribution >= 0.6 is 11.6 Å². The molecule has 1 aliphatic carbocycles. The van der Waals surface area contributed by atoms with E-state index < -0.39 is 28.1 Å². The van der Waals surface area contributed by atoms with Crippen LogP contribution in [0, 0.1) is 23.2 Å². The number of urea groups is 1. The highest BCUT2D eigenvalue weighted by atomic mass is 35.5. The van der Waals surface area contributed by atoms with Gasteiger partial charge < -0.3 is 15.5 Å². The molecule has 11 heteroatoms. The Hall–Kier alpha value is -2.35. The Morgan fingerprint density at radius 3 is 2.33 bits per heavy atom. The van der Waals surface area contributed by atoms with Crippen LogP contribution in [0.25, 0.3) is 0 Å². The van der Waals surface area contributed by atoms with Crippen LogP contribution in [0.5, 0.6) is 0 Å². The molecule has 2 bridgehead atoms. The number of carbonyl (C=O) groups is 2. The van der Waals surface area contributed by atoms with Crippen molar-refractivity contribution < 1.29 is 18.0 Å². The summed E-state index contributed by atoms with van der Waals surface area (Å²) in [4.78, 5) is 29.3. The third-order valence-corrected chi connectivity index (χ3v) is 9.24. The molecule has 4 fully saturated rings. The van der Waals surface area contributed by atoms with Gasteiger partial charge >= 0.3 is 6.03 Å². The summed E-state index contributed by atoms with van der Waals surface area (Å²) in [6.07, 6.45) is 4.24. The van der Waals surface area contributed by atoms with Crippen molar-refractivity contribution in [2.45, 2.75) is 73.6 Å². The molecule has 3 amide bonds. The molecule has 33 heavy (non-hydrogen) atoms. The van der Waals surface area contributed by atoms with E-state index in [9.17, 15) is 23.3 Å². The SMILES string of the molecule is N#C[C@@H]1C[C@@H]2C[C@@H]2N1C(=O)[C@@H](N)C1C[C@@H]2CC[C@@H](C1)N2C(=O)NS(=O)(=O)c1ccc(Cl)cc1. The van der Waals surface area contributed by atoms with E-state index in [0.717, 1.165) is 25.7 Å². The Balaban J connectivity index is 1.25. The Morgan fingerprint density at radius 2 is 1.73 bits per heavy atom. The normalized spacial score (nSPS) is 33.2. The van der Waals surface area contributed by atoms with Crippen molar-refractivity contribution in [1.82, 2.24) is 14.5 Å². The smallest absolute Gasteiger partial charge is 0.322 e. The number of fused-ring (bicyclic) bond motifs is 3. The first-order valence-corrected chi connectivity index (χ1v) is 13.1. The molecule has 1 aromatic carbocycles. The Morgan fingerprint density at radius 1 is 1.09 bits per heavy atom. The molecule has 3 heterocycles. The second-order valence-electron chi connectivity index (χ2n) is 9.60. The molecule has 0 radical (unpaired) electrons. The highest BCUT2D eigenvalue weighted by molar-refractivity contribution is 7.90. The zero-order valence-corrected chi connectivity index (χ0v) is 19.5. The molecule has 6 atom stereocenters. The van der Waals surface area contributed by atoms with Gasteiger partial charge in [-0.2, -0.15) is 5.26 Å². The summed E-state index contributed by atoms with van der Waals surface area (Å²) in [5, 5.41) is 9.80. The van der Waals surface area contributed by atoms with E-state index in [4.69, 9.17) is 17.3 Å². The van der Waals surface area contributed by atoms with Crippen LogP contribution in [-0.4, -0.2) is 60.4 Å². The van der Waals surface area contributed by atoms with Gasteiger partial charge in [0.25, 0.3) is 10.0 Å². The summed E-state index contributed by atoms with van der Waals surface area (Å²) < 4.78 is 27.4. The number of likely N-dealkylation sites (tertiary alicyclic amines) is 1. The maximum absolute atomic E-state index is 13.1. The van der Waals surface area contributed by atoms with E-state index in [0.29, 0.717) is 23.8 Å². The molecule has 1 aromatic rings. The summed E-state index contributed by atoms with van der Waals surface area (Å²) in [7, 11) is -4.03. The Labute approximate surface area is 197 Å². The number of nitrogens with one attached hydrogen (secondary N) is 1. The number of nitrogens with two attached hydrogens (primary N) is 1. The molecule has 3 aliphatic heterocycles. The molecule has 1 saturated carbocycles. The average Bonchev–Trinajstić information content (AvgIpc) is 3.36. The van der Waals surface area contributed by atoms with E-state index in [1.165, 1.54) is 24.3 Å².